The van der Waals surface area contributed by atoms with Crippen LogP contribution in [0.2, 0.25) is 0 Å². The quantitative estimate of drug-likeness (QED) is 0.915. The molecule has 0 spiro atoms. The molecule has 0 atom stereocenters. The fourth-order valence-corrected chi connectivity index (χ4v) is 3.13. The van der Waals surface area contributed by atoms with Crippen molar-refractivity contribution < 1.29 is 9.84 Å². The van der Waals surface area contributed by atoms with Crippen LogP contribution in [0.4, 0.5) is 0 Å². The van der Waals surface area contributed by atoms with Gasteiger partial charge in [0.15, 0.2) is 0 Å². The van der Waals surface area contributed by atoms with Crippen molar-refractivity contribution in [3.05, 3.63) is 45.4 Å². The van der Waals surface area contributed by atoms with Gasteiger partial charge in [-0.25, -0.2) is 4.98 Å². The Bertz CT molecular complexity index is 584. The van der Waals surface area contributed by atoms with Crippen LogP contribution in [0.3, 0.4) is 0 Å². The third kappa shape index (κ3) is 3.81. The van der Waals surface area contributed by atoms with Crippen LogP contribution in [-0.4, -0.2) is 16.7 Å². The van der Waals surface area contributed by atoms with Gasteiger partial charge in [-0.1, -0.05) is 12.1 Å². The van der Waals surface area contributed by atoms with Crippen molar-refractivity contribution in [3.8, 4) is 5.75 Å². The Kier molecular flexibility index (Phi) is 4.45. The minimum Gasteiger partial charge on any atom is -0.493 e. The molecule has 2 rings (SSSR count). The number of nitrogens with zero attached hydrogens (tertiary/aromatic N) is 1. The molecule has 0 saturated heterocycles. The molecule has 0 fully saturated rings. The molecule has 3 nitrogen and oxygen atoms in total. The Labute approximate surface area is 124 Å². The van der Waals surface area contributed by atoms with E-state index in [2.05, 4.69) is 4.98 Å². The predicted octanol–water partition coefficient (Wildman–Crippen LogP) is 3.61. The van der Waals surface area contributed by atoms with Crippen molar-refractivity contribution >= 4 is 11.3 Å². The molecule has 4 heteroatoms. The van der Waals surface area contributed by atoms with Gasteiger partial charge in [0, 0.05) is 6.42 Å². The number of aryl methyl sites for hydroxylation is 2. The number of hydrogen-bond donors (Lipinski definition) is 1. The maximum atomic E-state index is 10.1. The Morgan fingerprint density at radius 3 is 2.65 bits per heavy atom. The summed E-state index contributed by atoms with van der Waals surface area (Å²) in [5, 5.41) is 11.1. The van der Waals surface area contributed by atoms with E-state index in [1.165, 1.54) is 5.56 Å². The highest BCUT2D eigenvalue weighted by Crippen LogP contribution is 2.29. The highest BCUT2D eigenvalue weighted by Gasteiger charge is 2.22. The van der Waals surface area contributed by atoms with Gasteiger partial charge >= 0.3 is 0 Å². The molecule has 108 valence electrons. The average Bonchev–Trinajstić information content (AvgIpc) is 2.70. The number of ether oxygens (including phenoxy) is 1. The summed E-state index contributed by atoms with van der Waals surface area (Å²) < 4.78 is 5.73. The maximum absolute atomic E-state index is 10.1. The second kappa shape index (κ2) is 5.94. The molecule has 0 aliphatic heterocycles. The molecule has 1 heterocycles. The van der Waals surface area contributed by atoms with Crippen molar-refractivity contribution in [1.82, 2.24) is 4.98 Å². The van der Waals surface area contributed by atoms with Gasteiger partial charge in [-0.05, 0) is 45.4 Å². The summed E-state index contributed by atoms with van der Waals surface area (Å²) in [5.74, 6) is 0.890. The van der Waals surface area contributed by atoms with Crippen LogP contribution in [0, 0.1) is 13.8 Å². The lowest BCUT2D eigenvalue weighted by molar-refractivity contribution is 0.0817. The van der Waals surface area contributed by atoms with Gasteiger partial charge in [0.25, 0.3) is 0 Å². The van der Waals surface area contributed by atoms with E-state index in [4.69, 9.17) is 4.74 Å². The number of hydrogen-bond acceptors (Lipinski definition) is 4. The highest BCUT2D eigenvalue weighted by atomic mass is 32.1. The van der Waals surface area contributed by atoms with Crippen molar-refractivity contribution in [2.75, 3.05) is 6.61 Å². The van der Waals surface area contributed by atoms with E-state index in [9.17, 15) is 5.11 Å². The molecule has 0 radical (unpaired) electrons. The molecule has 0 saturated carbocycles. The first kappa shape index (κ1) is 15.0. The lowest BCUT2D eigenvalue weighted by Gasteiger charge is -2.15. The summed E-state index contributed by atoms with van der Waals surface area (Å²) in [4.78, 5) is 5.44. The summed E-state index contributed by atoms with van der Waals surface area (Å²) in [5.41, 5.74) is 1.28. The summed E-state index contributed by atoms with van der Waals surface area (Å²) in [7, 11) is 0. The maximum Gasteiger partial charge on any atom is 0.119 e. The number of thiazole rings is 1. The second-order valence-corrected chi connectivity index (χ2v) is 6.58. The number of aliphatic hydroxyl groups is 1. The fourth-order valence-electron chi connectivity index (χ4n) is 2.09. The van der Waals surface area contributed by atoms with Crippen LogP contribution in [0.1, 0.15) is 35.0 Å². The van der Waals surface area contributed by atoms with Gasteiger partial charge in [-0.15, -0.1) is 11.3 Å². The van der Waals surface area contributed by atoms with Crippen molar-refractivity contribution in [2.24, 2.45) is 0 Å². The van der Waals surface area contributed by atoms with E-state index in [-0.39, 0.29) is 0 Å². The molecule has 0 bridgehead atoms. The standard InChI is InChI=1S/C16H21NO2S/c1-11-6-5-7-13(10-11)19-9-8-14-17-12(2)15(20-14)16(3,4)18/h5-7,10,18H,8-9H2,1-4H3. The molecule has 2 aromatic rings. The predicted molar refractivity (Wildman–Crippen MR) is 82.5 cm³/mol. The summed E-state index contributed by atoms with van der Waals surface area (Å²) >= 11 is 1.56. The SMILES string of the molecule is Cc1cccc(OCCc2nc(C)c(C(C)(C)O)s2)c1. The number of rotatable bonds is 5. The van der Waals surface area contributed by atoms with E-state index in [0.717, 1.165) is 27.7 Å². The summed E-state index contributed by atoms with van der Waals surface area (Å²) in [6.07, 6.45) is 0.759. The number of benzene rings is 1. The molecule has 0 unspecified atom stereocenters. The van der Waals surface area contributed by atoms with E-state index >= 15 is 0 Å². The molecule has 20 heavy (non-hydrogen) atoms. The lowest BCUT2D eigenvalue weighted by Crippen LogP contribution is -2.14. The molecule has 0 amide bonds. The smallest absolute Gasteiger partial charge is 0.119 e. The van der Waals surface area contributed by atoms with E-state index in [1.807, 2.05) is 38.1 Å². The Morgan fingerprint density at radius 2 is 2.05 bits per heavy atom. The largest absolute Gasteiger partial charge is 0.493 e. The van der Waals surface area contributed by atoms with Gasteiger partial charge in [-0.3, -0.25) is 0 Å². The van der Waals surface area contributed by atoms with Gasteiger partial charge < -0.3 is 9.84 Å². The minimum atomic E-state index is -0.822. The van der Waals surface area contributed by atoms with Crippen LogP contribution in [-0.2, 0) is 12.0 Å². The highest BCUT2D eigenvalue weighted by molar-refractivity contribution is 7.11. The van der Waals surface area contributed by atoms with Crippen molar-refractivity contribution in [3.63, 3.8) is 0 Å². The first-order valence-electron chi connectivity index (χ1n) is 6.75. The van der Waals surface area contributed by atoms with Gasteiger partial charge in [-0.2, -0.15) is 0 Å². The normalized spacial score (nSPS) is 11.7. The topological polar surface area (TPSA) is 42.4 Å². The zero-order valence-electron chi connectivity index (χ0n) is 12.4. The second-order valence-electron chi connectivity index (χ2n) is 5.50. The Morgan fingerprint density at radius 1 is 1.30 bits per heavy atom. The minimum absolute atomic E-state index is 0.599. The molecule has 1 aromatic heterocycles. The van der Waals surface area contributed by atoms with Crippen LogP contribution in [0.25, 0.3) is 0 Å². The fraction of sp³-hybridized carbons (Fsp3) is 0.438. The zero-order chi connectivity index (χ0) is 14.8. The molecule has 1 N–H and O–H groups in total. The van der Waals surface area contributed by atoms with E-state index in [1.54, 1.807) is 25.2 Å². The Hall–Kier alpha value is -1.39. The third-order valence-corrected chi connectivity index (χ3v) is 4.50. The van der Waals surface area contributed by atoms with Crippen LogP contribution in [0.15, 0.2) is 24.3 Å². The van der Waals surface area contributed by atoms with Gasteiger partial charge in [0.05, 0.1) is 27.8 Å². The lowest BCUT2D eigenvalue weighted by atomic mass is 10.1. The van der Waals surface area contributed by atoms with Gasteiger partial charge in [0.2, 0.25) is 0 Å². The van der Waals surface area contributed by atoms with Crippen LogP contribution >= 0.6 is 11.3 Å². The molecule has 0 aliphatic rings. The molecule has 1 aromatic carbocycles. The van der Waals surface area contributed by atoms with Crippen LogP contribution in [0.5, 0.6) is 5.75 Å². The number of aromatic nitrogens is 1. The zero-order valence-corrected chi connectivity index (χ0v) is 13.3. The monoisotopic (exact) mass is 291 g/mol. The Balaban J connectivity index is 1.95. The molecule has 0 aliphatic carbocycles. The molecular weight excluding hydrogens is 270 g/mol. The summed E-state index contributed by atoms with van der Waals surface area (Å²) in [6, 6.07) is 8.02. The van der Waals surface area contributed by atoms with Crippen molar-refractivity contribution in [2.45, 2.75) is 39.7 Å². The third-order valence-electron chi connectivity index (χ3n) is 2.97. The van der Waals surface area contributed by atoms with E-state index in [0.29, 0.717) is 6.61 Å². The molecular formula is C16H21NO2S. The van der Waals surface area contributed by atoms with Gasteiger partial charge in [0.1, 0.15) is 5.75 Å². The van der Waals surface area contributed by atoms with E-state index < -0.39 is 5.60 Å². The first-order valence-corrected chi connectivity index (χ1v) is 7.56. The first-order chi connectivity index (χ1) is 9.36. The van der Waals surface area contributed by atoms with Crippen molar-refractivity contribution in [1.29, 1.82) is 0 Å². The average molecular weight is 291 g/mol. The van der Waals surface area contributed by atoms with Crippen LogP contribution < -0.4 is 4.74 Å². The summed E-state index contributed by atoms with van der Waals surface area (Å²) in [6.45, 7) is 8.17.